The van der Waals surface area contributed by atoms with Gasteiger partial charge in [-0.25, -0.2) is 0 Å². The Morgan fingerprint density at radius 2 is 2.06 bits per heavy atom. The third kappa shape index (κ3) is 3.22. The fraction of sp³-hybridized carbons (Fsp3) is 0.667. The molecule has 100 valence electrons. The first-order valence-electron chi connectivity index (χ1n) is 6.94. The highest BCUT2D eigenvalue weighted by atomic mass is 16.1. The molecule has 0 bridgehead atoms. The fourth-order valence-electron chi connectivity index (χ4n) is 3.04. The van der Waals surface area contributed by atoms with Crippen LogP contribution in [0.3, 0.4) is 0 Å². The van der Waals surface area contributed by atoms with E-state index in [-0.39, 0.29) is 5.78 Å². The van der Waals surface area contributed by atoms with E-state index < -0.39 is 0 Å². The molecule has 1 fully saturated rings. The van der Waals surface area contributed by atoms with Crippen molar-refractivity contribution in [3.05, 3.63) is 23.0 Å². The molecule has 1 aromatic heterocycles. The third-order valence-corrected chi connectivity index (χ3v) is 3.91. The summed E-state index contributed by atoms with van der Waals surface area (Å²) in [7, 11) is 2.06. The normalized spacial score (nSPS) is 16.7. The first-order chi connectivity index (χ1) is 8.56. The van der Waals surface area contributed by atoms with Crippen LogP contribution in [0, 0.1) is 19.8 Å². The first-order valence-corrected chi connectivity index (χ1v) is 6.94. The SMILES string of the molecule is Cc1cc(C(=O)CN(C)CC2CCCC2)c(C)[nH]1. The zero-order valence-corrected chi connectivity index (χ0v) is 11.8. The van der Waals surface area contributed by atoms with E-state index in [2.05, 4.69) is 16.9 Å². The molecule has 1 heterocycles. The third-order valence-electron chi connectivity index (χ3n) is 3.91. The van der Waals surface area contributed by atoms with Gasteiger partial charge >= 0.3 is 0 Å². The molecule has 0 aliphatic heterocycles. The number of aryl methyl sites for hydroxylation is 2. The molecule has 0 amide bonds. The lowest BCUT2D eigenvalue weighted by molar-refractivity contribution is 0.0937. The van der Waals surface area contributed by atoms with Gasteiger partial charge in [-0.15, -0.1) is 0 Å². The molecule has 1 N–H and O–H groups in total. The van der Waals surface area contributed by atoms with Crippen LogP contribution in [0.5, 0.6) is 0 Å². The smallest absolute Gasteiger partial charge is 0.178 e. The van der Waals surface area contributed by atoms with Gasteiger partial charge in [0.05, 0.1) is 6.54 Å². The van der Waals surface area contributed by atoms with Gasteiger partial charge in [-0.3, -0.25) is 9.69 Å². The maximum absolute atomic E-state index is 12.2. The van der Waals surface area contributed by atoms with Crippen molar-refractivity contribution in [2.75, 3.05) is 20.1 Å². The van der Waals surface area contributed by atoms with Crippen LogP contribution in [0.2, 0.25) is 0 Å². The van der Waals surface area contributed by atoms with Gasteiger partial charge in [0.15, 0.2) is 5.78 Å². The molecule has 1 saturated carbocycles. The van der Waals surface area contributed by atoms with Crippen molar-refractivity contribution in [3.8, 4) is 0 Å². The maximum atomic E-state index is 12.2. The number of nitrogens with one attached hydrogen (secondary N) is 1. The zero-order valence-electron chi connectivity index (χ0n) is 11.8. The van der Waals surface area contributed by atoms with Crippen LogP contribution in [-0.2, 0) is 0 Å². The number of hydrogen-bond acceptors (Lipinski definition) is 2. The number of aromatic nitrogens is 1. The molecule has 2 rings (SSSR count). The second kappa shape index (κ2) is 5.70. The Hall–Kier alpha value is -1.09. The van der Waals surface area contributed by atoms with E-state index in [1.807, 2.05) is 19.9 Å². The molecule has 3 nitrogen and oxygen atoms in total. The Kier molecular flexibility index (Phi) is 4.23. The van der Waals surface area contributed by atoms with Crippen LogP contribution in [0.25, 0.3) is 0 Å². The summed E-state index contributed by atoms with van der Waals surface area (Å²) in [6.07, 6.45) is 5.40. The summed E-state index contributed by atoms with van der Waals surface area (Å²) in [5.41, 5.74) is 2.91. The number of carbonyl (C=O) groups is 1. The van der Waals surface area contributed by atoms with Gasteiger partial charge in [0.1, 0.15) is 0 Å². The van der Waals surface area contributed by atoms with Crippen LogP contribution in [0.4, 0.5) is 0 Å². The minimum absolute atomic E-state index is 0.234. The lowest BCUT2D eigenvalue weighted by Crippen LogP contribution is -2.30. The molecule has 0 unspecified atom stereocenters. The van der Waals surface area contributed by atoms with Crippen molar-refractivity contribution in [2.45, 2.75) is 39.5 Å². The molecular formula is C15H24N2O. The summed E-state index contributed by atoms with van der Waals surface area (Å²) in [5.74, 6) is 1.04. The number of carbonyl (C=O) groups excluding carboxylic acids is 1. The molecule has 1 aliphatic rings. The number of H-pyrrole nitrogens is 1. The van der Waals surface area contributed by atoms with Crippen molar-refractivity contribution in [1.82, 2.24) is 9.88 Å². The van der Waals surface area contributed by atoms with Gasteiger partial charge in [0.25, 0.3) is 0 Å². The van der Waals surface area contributed by atoms with Gasteiger partial charge < -0.3 is 4.98 Å². The molecule has 0 spiro atoms. The summed E-state index contributed by atoms with van der Waals surface area (Å²) in [5, 5.41) is 0. The highest BCUT2D eigenvalue weighted by Crippen LogP contribution is 2.25. The van der Waals surface area contributed by atoms with E-state index in [4.69, 9.17) is 0 Å². The van der Waals surface area contributed by atoms with Crippen LogP contribution < -0.4 is 0 Å². The number of Topliss-reactive ketones (excluding diaryl/α,β-unsaturated/α-hetero) is 1. The van der Waals surface area contributed by atoms with Crippen molar-refractivity contribution in [1.29, 1.82) is 0 Å². The largest absolute Gasteiger partial charge is 0.362 e. The highest BCUT2D eigenvalue weighted by Gasteiger charge is 2.19. The van der Waals surface area contributed by atoms with Gasteiger partial charge in [-0.1, -0.05) is 12.8 Å². The van der Waals surface area contributed by atoms with Gasteiger partial charge in [0, 0.05) is 23.5 Å². The van der Waals surface area contributed by atoms with Crippen LogP contribution in [-0.4, -0.2) is 35.8 Å². The number of likely N-dealkylation sites (N-methyl/N-ethyl adjacent to an activating group) is 1. The van der Waals surface area contributed by atoms with E-state index in [9.17, 15) is 4.79 Å². The van der Waals surface area contributed by atoms with Gasteiger partial charge in [0.2, 0.25) is 0 Å². The fourth-order valence-corrected chi connectivity index (χ4v) is 3.04. The Bertz CT molecular complexity index is 416. The van der Waals surface area contributed by atoms with Crippen molar-refractivity contribution in [3.63, 3.8) is 0 Å². The van der Waals surface area contributed by atoms with Crippen molar-refractivity contribution in [2.24, 2.45) is 5.92 Å². The van der Waals surface area contributed by atoms with Crippen LogP contribution >= 0.6 is 0 Å². The Balaban J connectivity index is 1.88. The lowest BCUT2D eigenvalue weighted by Gasteiger charge is -2.19. The molecule has 0 atom stereocenters. The minimum Gasteiger partial charge on any atom is -0.362 e. The summed E-state index contributed by atoms with van der Waals surface area (Å²) < 4.78 is 0. The molecular weight excluding hydrogens is 224 g/mol. The first kappa shape index (κ1) is 13.3. The molecule has 1 aromatic rings. The minimum atomic E-state index is 0.234. The van der Waals surface area contributed by atoms with Gasteiger partial charge in [-0.2, -0.15) is 0 Å². The monoisotopic (exact) mass is 248 g/mol. The number of rotatable bonds is 5. The zero-order chi connectivity index (χ0) is 13.1. The quantitative estimate of drug-likeness (QED) is 0.813. The summed E-state index contributed by atoms with van der Waals surface area (Å²) in [6, 6.07) is 1.96. The Morgan fingerprint density at radius 3 is 2.61 bits per heavy atom. The summed E-state index contributed by atoms with van der Waals surface area (Å²) in [4.78, 5) is 17.6. The highest BCUT2D eigenvalue weighted by molar-refractivity contribution is 5.98. The van der Waals surface area contributed by atoms with E-state index in [1.54, 1.807) is 0 Å². The second-order valence-electron chi connectivity index (χ2n) is 5.76. The Labute approximate surface area is 110 Å². The van der Waals surface area contributed by atoms with Crippen LogP contribution in [0.1, 0.15) is 47.4 Å². The number of hydrogen-bond donors (Lipinski definition) is 1. The second-order valence-corrected chi connectivity index (χ2v) is 5.76. The predicted octanol–water partition coefficient (Wildman–Crippen LogP) is 2.94. The van der Waals surface area contributed by atoms with E-state index in [0.29, 0.717) is 6.54 Å². The van der Waals surface area contributed by atoms with E-state index in [1.165, 1.54) is 25.7 Å². The maximum Gasteiger partial charge on any atom is 0.178 e. The number of ketones is 1. The average Bonchev–Trinajstić information content (AvgIpc) is 2.88. The molecule has 1 aliphatic carbocycles. The van der Waals surface area contributed by atoms with Crippen LogP contribution in [0.15, 0.2) is 6.07 Å². The molecule has 0 saturated heterocycles. The average molecular weight is 248 g/mol. The van der Waals surface area contributed by atoms with Gasteiger partial charge in [-0.05, 0) is 45.7 Å². The molecule has 18 heavy (non-hydrogen) atoms. The lowest BCUT2D eigenvalue weighted by atomic mass is 10.1. The van der Waals surface area contributed by atoms with Crippen molar-refractivity contribution >= 4 is 5.78 Å². The molecule has 0 radical (unpaired) electrons. The standard InChI is InChI=1S/C15H24N2O/c1-11-8-14(12(2)16-11)15(18)10-17(3)9-13-6-4-5-7-13/h8,13,16H,4-7,9-10H2,1-3H3. The molecule has 0 aromatic carbocycles. The summed E-state index contributed by atoms with van der Waals surface area (Å²) in [6.45, 7) is 5.56. The van der Waals surface area contributed by atoms with Crippen molar-refractivity contribution < 1.29 is 4.79 Å². The number of aromatic amines is 1. The topological polar surface area (TPSA) is 36.1 Å². The number of nitrogens with zero attached hydrogens (tertiary/aromatic N) is 1. The Morgan fingerprint density at radius 1 is 1.39 bits per heavy atom. The summed E-state index contributed by atoms with van der Waals surface area (Å²) >= 11 is 0. The van der Waals surface area contributed by atoms with E-state index in [0.717, 1.165) is 29.4 Å². The predicted molar refractivity (Wildman–Crippen MR) is 74.1 cm³/mol. The van der Waals surface area contributed by atoms with E-state index >= 15 is 0 Å². The molecule has 3 heteroatoms.